The summed E-state index contributed by atoms with van der Waals surface area (Å²) in [5.74, 6) is 0. The Morgan fingerprint density at radius 2 is 1.04 bits per heavy atom. The summed E-state index contributed by atoms with van der Waals surface area (Å²) in [4.78, 5) is 2.40. The maximum Gasteiger partial charge on any atom is 0.0991 e. The van der Waals surface area contributed by atoms with Gasteiger partial charge in [-0.05, 0) is 139 Å². The van der Waals surface area contributed by atoms with Gasteiger partial charge in [0.05, 0.1) is 23.3 Å². The zero-order valence-corrected chi connectivity index (χ0v) is 36.6. The molecule has 7 rings (SSSR count). The van der Waals surface area contributed by atoms with E-state index in [1.54, 1.807) is 12.1 Å². The predicted octanol–water partition coefficient (Wildman–Crippen LogP) is 16.2. The number of allylic oxidation sites excluding steroid dienone is 5. The first kappa shape index (κ1) is 48.9. The third-order valence-corrected chi connectivity index (χ3v) is 8.68. The van der Waals surface area contributed by atoms with Crippen molar-refractivity contribution in [3.63, 3.8) is 0 Å². The molecule has 0 amide bonds. The molecule has 2 aliphatic carbocycles. The maximum absolute atomic E-state index is 9.27. The summed E-state index contributed by atoms with van der Waals surface area (Å²) < 4.78 is 0. The predicted molar refractivity (Wildman–Crippen MR) is 251 cm³/mol. The summed E-state index contributed by atoms with van der Waals surface area (Å²) in [6.07, 6.45) is 8.18. The maximum atomic E-state index is 9.27. The van der Waals surface area contributed by atoms with E-state index in [0.29, 0.717) is 11.1 Å². The van der Waals surface area contributed by atoms with Crippen LogP contribution in [-0.4, -0.2) is 0 Å². The molecular formula is C53H66N4. The van der Waals surface area contributed by atoms with Gasteiger partial charge in [-0.2, -0.15) is 10.5 Å². The first-order chi connectivity index (χ1) is 28.1. The summed E-state index contributed by atoms with van der Waals surface area (Å²) in [6, 6.07) is 44.8. The van der Waals surface area contributed by atoms with Crippen molar-refractivity contribution in [3.05, 3.63) is 179 Å². The van der Waals surface area contributed by atoms with Crippen molar-refractivity contribution in [1.29, 1.82) is 10.5 Å². The highest BCUT2D eigenvalue weighted by molar-refractivity contribution is 5.92. The molecule has 5 aromatic rings. The zero-order valence-electron chi connectivity index (χ0n) is 36.6. The average Bonchev–Trinajstić information content (AvgIpc) is 3.30. The molecule has 4 nitrogen and oxygen atoms in total. The normalized spacial score (nSPS) is 11.8. The molecule has 0 aliphatic heterocycles. The molecule has 298 valence electrons. The lowest BCUT2D eigenvalue weighted by Crippen LogP contribution is -2.24. The van der Waals surface area contributed by atoms with Crippen LogP contribution < -0.4 is 10.2 Å². The van der Waals surface area contributed by atoms with Crippen molar-refractivity contribution >= 4 is 33.9 Å². The number of nitriles is 2. The molecule has 0 atom stereocenters. The van der Waals surface area contributed by atoms with Gasteiger partial charge >= 0.3 is 0 Å². The molecule has 1 N–H and O–H groups in total. The lowest BCUT2D eigenvalue weighted by Gasteiger charge is -2.37. The fraction of sp³-hybridized carbons (Fsp3) is 0.283. The second-order valence-electron chi connectivity index (χ2n) is 11.7. The lowest BCUT2D eigenvalue weighted by atomic mass is 9.74. The minimum Gasteiger partial charge on any atom is -0.356 e. The SMILES string of the molecule is C=C/C=C1/CCC2=C(N(c3ccccc3)c3ccc(C#N)cc3)CCc3ccc(C)c1c32.CC.CC.CC.CC.CC.N#Cc1ccc(Nc2ccccc2)cc1. The molecule has 2 aliphatic rings. The molecule has 0 fully saturated rings. The van der Waals surface area contributed by atoms with E-state index in [9.17, 15) is 5.26 Å². The van der Waals surface area contributed by atoms with Crippen molar-refractivity contribution in [1.82, 2.24) is 0 Å². The highest BCUT2D eigenvalue weighted by Crippen LogP contribution is 2.48. The van der Waals surface area contributed by atoms with Crippen molar-refractivity contribution in [2.24, 2.45) is 0 Å². The number of nitrogens with one attached hydrogen (secondary N) is 1. The standard InChI is InChI=1S/C30H26N2.C13H10N2.5C2H6/c1-3-7-23-14-18-27-28(19-15-24-13-10-21(2)29(23)30(24)27)32(25-8-5-4-6-9-25)26-16-11-22(20-31)12-17-26;14-10-11-6-8-13(9-7-11)15-12-4-2-1-3-5-12;5*1-2/h3-13,16-17H,1,14-15,18-19H2,2H3;1-9,15H;5*1-2H3/b23-7-;;;;;;. The Balaban J connectivity index is 0.000000545. The Hall–Kier alpha value is -6.10. The van der Waals surface area contributed by atoms with Gasteiger partial charge in [0, 0.05) is 28.4 Å². The number of benzene rings is 5. The Morgan fingerprint density at radius 1 is 0.544 bits per heavy atom. The zero-order chi connectivity index (χ0) is 42.6. The first-order valence-corrected chi connectivity index (χ1v) is 20.9. The number of hydrogen-bond donors (Lipinski definition) is 1. The van der Waals surface area contributed by atoms with Crippen LogP contribution in [0, 0.1) is 29.6 Å². The number of rotatable bonds is 6. The largest absolute Gasteiger partial charge is 0.356 e. The van der Waals surface area contributed by atoms with Crippen LogP contribution in [0.5, 0.6) is 0 Å². The summed E-state index contributed by atoms with van der Waals surface area (Å²) in [5, 5.41) is 21.2. The van der Waals surface area contributed by atoms with E-state index in [1.807, 2.05) is 130 Å². The van der Waals surface area contributed by atoms with E-state index in [4.69, 9.17) is 5.26 Å². The van der Waals surface area contributed by atoms with Gasteiger partial charge in [0.15, 0.2) is 0 Å². The van der Waals surface area contributed by atoms with Gasteiger partial charge < -0.3 is 10.2 Å². The van der Waals surface area contributed by atoms with Crippen LogP contribution in [0.2, 0.25) is 0 Å². The van der Waals surface area contributed by atoms with E-state index >= 15 is 0 Å². The topological polar surface area (TPSA) is 62.9 Å². The van der Waals surface area contributed by atoms with Crippen LogP contribution in [0.1, 0.15) is 122 Å². The fourth-order valence-electron chi connectivity index (χ4n) is 6.51. The lowest BCUT2D eigenvalue weighted by molar-refractivity contribution is 0.854. The van der Waals surface area contributed by atoms with Crippen molar-refractivity contribution in [3.8, 4) is 12.1 Å². The molecule has 0 unspecified atom stereocenters. The number of para-hydroxylation sites is 2. The highest BCUT2D eigenvalue weighted by atomic mass is 15.2. The Bertz CT molecular complexity index is 2020. The Labute approximate surface area is 346 Å². The second kappa shape index (κ2) is 28.3. The second-order valence-corrected chi connectivity index (χ2v) is 11.7. The van der Waals surface area contributed by atoms with E-state index in [2.05, 4.69) is 96.5 Å². The third kappa shape index (κ3) is 13.6. The molecule has 0 bridgehead atoms. The molecule has 0 radical (unpaired) electrons. The van der Waals surface area contributed by atoms with E-state index in [1.165, 1.54) is 39.1 Å². The van der Waals surface area contributed by atoms with E-state index in [0.717, 1.165) is 48.4 Å². The van der Waals surface area contributed by atoms with Crippen LogP contribution in [0.4, 0.5) is 22.7 Å². The summed E-state index contributed by atoms with van der Waals surface area (Å²) >= 11 is 0. The minimum atomic E-state index is 0.675. The average molecular weight is 759 g/mol. The van der Waals surface area contributed by atoms with Crippen LogP contribution in [-0.2, 0) is 6.42 Å². The Morgan fingerprint density at radius 3 is 1.56 bits per heavy atom. The Kier molecular flexibility index (Phi) is 24.3. The molecule has 0 aromatic heterocycles. The van der Waals surface area contributed by atoms with Gasteiger partial charge in [0.25, 0.3) is 0 Å². The van der Waals surface area contributed by atoms with Crippen LogP contribution in [0.15, 0.2) is 146 Å². The number of nitrogens with zero attached hydrogens (tertiary/aromatic N) is 3. The highest BCUT2D eigenvalue weighted by Gasteiger charge is 2.31. The number of anilines is 4. The van der Waals surface area contributed by atoms with Crippen molar-refractivity contribution in [2.45, 2.75) is 102 Å². The molecule has 0 saturated carbocycles. The summed E-state index contributed by atoms with van der Waals surface area (Å²) in [7, 11) is 0. The van der Waals surface area contributed by atoms with Crippen LogP contribution in [0.3, 0.4) is 0 Å². The molecule has 57 heavy (non-hydrogen) atoms. The molecule has 5 aromatic carbocycles. The smallest absolute Gasteiger partial charge is 0.0991 e. The van der Waals surface area contributed by atoms with Gasteiger partial charge in [0.1, 0.15) is 0 Å². The van der Waals surface area contributed by atoms with E-state index < -0.39 is 0 Å². The van der Waals surface area contributed by atoms with E-state index in [-0.39, 0.29) is 0 Å². The monoisotopic (exact) mass is 759 g/mol. The van der Waals surface area contributed by atoms with Gasteiger partial charge in [-0.1, -0.05) is 136 Å². The van der Waals surface area contributed by atoms with Crippen molar-refractivity contribution < 1.29 is 0 Å². The summed E-state index contributed by atoms with van der Waals surface area (Å²) in [5.41, 5.74) is 15.5. The van der Waals surface area contributed by atoms with Crippen molar-refractivity contribution in [2.75, 3.05) is 10.2 Å². The summed E-state index contributed by atoms with van der Waals surface area (Å²) in [6.45, 7) is 26.2. The molecule has 4 heteroatoms. The molecule has 0 spiro atoms. The van der Waals surface area contributed by atoms with Gasteiger partial charge in [-0.15, -0.1) is 0 Å². The molecular weight excluding hydrogens is 693 g/mol. The first-order valence-electron chi connectivity index (χ1n) is 20.9. The number of aryl methyl sites for hydroxylation is 2. The van der Waals surface area contributed by atoms with Gasteiger partial charge in [0.2, 0.25) is 0 Å². The van der Waals surface area contributed by atoms with Crippen LogP contribution in [0.25, 0.3) is 11.1 Å². The third-order valence-electron chi connectivity index (χ3n) is 8.68. The van der Waals surface area contributed by atoms with Gasteiger partial charge in [-0.25, -0.2) is 0 Å². The number of hydrogen-bond acceptors (Lipinski definition) is 4. The quantitative estimate of drug-likeness (QED) is 0.187. The van der Waals surface area contributed by atoms with Crippen LogP contribution >= 0.6 is 0 Å². The molecule has 0 saturated heterocycles. The van der Waals surface area contributed by atoms with Gasteiger partial charge in [-0.3, -0.25) is 0 Å². The minimum absolute atomic E-state index is 0.675. The molecule has 0 heterocycles. The fourth-order valence-corrected chi connectivity index (χ4v) is 6.51.